The summed E-state index contributed by atoms with van der Waals surface area (Å²) >= 11 is 0.833. The number of alkyl halides is 3. The van der Waals surface area contributed by atoms with Crippen LogP contribution in [0.5, 0.6) is 0 Å². The van der Waals surface area contributed by atoms with Crippen molar-refractivity contribution in [2.45, 2.75) is 17.3 Å². The molecule has 0 fully saturated rings. The maximum atomic E-state index is 12.0. The fraction of sp³-hybridized carbons (Fsp3) is 0.667. The lowest BCUT2D eigenvalue weighted by Gasteiger charge is -2.21. The smallest absolute Gasteiger partial charge is 0.241 e. The van der Waals surface area contributed by atoms with Crippen LogP contribution in [0.25, 0.3) is 0 Å². The minimum Gasteiger partial charge on any atom is -0.241 e. The molecule has 1 rings (SSSR count). The molecule has 14 heavy (non-hydrogen) atoms. The van der Waals surface area contributed by atoms with Crippen LogP contribution in [-0.4, -0.2) is 24.6 Å². The molecule has 0 radical (unpaired) electrons. The first-order valence-electron chi connectivity index (χ1n) is 4.06. The van der Waals surface area contributed by atoms with Crippen molar-refractivity contribution in [2.24, 2.45) is 0 Å². The summed E-state index contributed by atoms with van der Waals surface area (Å²) in [6.45, 7) is -0.594. The van der Waals surface area contributed by atoms with E-state index in [1.807, 2.05) is 0 Å². The van der Waals surface area contributed by atoms with Crippen LogP contribution in [0, 0.1) is 0 Å². The first kappa shape index (κ1) is 10.3. The van der Waals surface area contributed by atoms with Crippen LogP contribution in [0.3, 0.4) is 0 Å². The molecule has 1 heterocycles. The number of rotatable bonds is 2. The summed E-state index contributed by atoms with van der Waals surface area (Å²) in [6, 6.07) is 0. The van der Waals surface area contributed by atoms with Gasteiger partial charge in [-0.25, -0.2) is 4.18 Å². The molecule has 82 valence electrons. The number of hydrogen-bond donors (Lipinski definition) is 0. The molecule has 0 bridgehead atoms. The highest BCUT2D eigenvalue weighted by Gasteiger charge is 2.51. The summed E-state index contributed by atoms with van der Waals surface area (Å²) in [5.74, 6) is 0.326. The Hall–Kier alpha value is -0.210. The molecule has 1 unspecified atom stereocenters. The Bertz CT molecular complexity index is 364. The molecule has 0 saturated carbocycles. The maximum Gasteiger partial charge on any atom is 0.523 e. The first-order valence-corrected chi connectivity index (χ1v) is 5.75. The number of halogens is 3. The minimum atomic E-state index is -5.64. The Morgan fingerprint density at radius 1 is 1.64 bits per heavy atom. The molecular formula is C6H7F3O3S2. The molecule has 0 aromatic carbocycles. The zero-order valence-corrected chi connectivity index (χ0v) is 8.38. The van der Waals surface area contributed by atoms with Crippen LogP contribution in [0.1, 0.15) is 8.27 Å². The van der Waals surface area contributed by atoms with Crippen molar-refractivity contribution in [3.63, 3.8) is 0 Å². The predicted molar refractivity (Wildman–Crippen MR) is 46.1 cm³/mol. The molecule has 3 nitrogen and oxygen atoms in total. The molecule has 0 aromatic heterocycles. The van der Waals surface area contributed by atoms with E-state index in [0.717, 1.165) is 17.8 Å². The predicted octanol–water partition coefficient (Wildman–Crippen LogP) is 1.87. The summed E-state index contributed by atoms with van der Waals surface area (Å²) in [7, 11) is -5.64. The Labute approximate surface area is 84.8 Å². The van der Waals surface area contributed by atoms with Gasteiger partial charge >= 0.3 is 15.6 Å². The van der Waals surface area contributed by atoms with Crippen LogP contribution in [0.15, 0.2) is 12.2 Å². The molecule has 0 aliphatic carbocycles. The fourth-order valence-electron chi connectivity index (χ4n) is 0.750. The molecule has 0 aromatic rings. The highest BCUT2D eigenvalue weighted by molar-refractivity contribution is 8.01. The van der Waals surface area contributed by atoms with Crippen LogP contribution in [0.2, 0.25) is 0 Å². The standard InChI is InChI=1S/C6H7F3O3S2/c1-5(3-2-4-13-5)12-14(10,11)6(7,8)9/h2-3H,4H2,1H3/i1D. The average molecular weight is 249 g/mol. The van der Waals surface area contributed by atoms with E-state index >= 15 is 0 Å². The van der Waals surface area contributed by atoms with Crippen LogP contribution in [-0.2, 0) is 14.3 Å². The van der Waals surface area contributed by atoms with Crippen molar-refractivity contribution < 1.29 is 27.1 Å². The van der Waals surface area contributed by atoms with E-state index in [1.165, 1.54) is 6.08 Å². The minimum absolute atomic E-state index is 0.326. The summed E-state index contributed by atoms with van der Waals surface area (Å²) in [4.78, 5) is -1.73. The Morgan fingerprint density at radius 3 is 2.64 bits per heavy atom. The van der Waals surface area contributed by atoms with Crippen molar-refractivity contribution in [3.8, 4) is 0 Å². The SMILES string of the molecule is [2H]CC1(OS(=O)(=O)C(F)(F)F)C=CCS1. The lowest BCUT2D eigenvalue weighted by atomic mass is 10.4. The van der Waals surface area contributed by atoms with E-state index in [2.05, 4.69) is 4.18 Å². The molecule has 0 saturated heterocycles. The topological polar surface area (TPSA) is 43.4 Å². The van der Waals surface area contributed by atoms with E-state index < -0.39 is 27.5 Å². The van der Waals surface area contributed by atoms with Crippen molar-refractivity contribution in [1.82, 2.24) is 0 Å². The molecule has 0 N–H and O–H groups in total. The zero-order valence-electron chi connectivity index (χ0n) is 7.74. The van der Waals surface area contributed by atoms with E-state index in [-0.39, 0.29) is 0 Å². The van der Waals surface area contributed by atoms with E-state index in [1.54, 1.807) is 0 Å². The second kappa shape index (κ2) is 3.42. The highest BCUT2D eigenvalue weighted by Crippen LogP contribution is 2.38. The largest absolute Gasteiger partial charge is 0.523 e. The monoisotopic (exact) mass is 249 g/mol. The Morgan fingerprint density at radius 2 is 2.29 bits per heavy atom. The number of thioether (sulfide) groups is 1. The van der Waals surface area contributed by atoms with E-state index in [9.17, 15) is 21.6 Å². The van der Waals surface area contributed by atoms with Crippen LogP contribution < -0.4 is 0 Å². The quantitative estimate of drug-likeness (QED) is 0.426. The van der Waals surface area contributed by atoms with E-state index in [4.69, 9.17) is 1.37 Å². The second-order valence-corrected chi connectivity index (χ2v) is 5.36. The third kappa shape index (κ3) is 2.43. The van der Waals surface area contributed by atoms with Gasteiger partial charge in [0.15, 0.2) is 0 Å². The molecule has 0 spiro atoms. The normalized spacial score (nSPS) is 29.2. The van der Waals surface area contributed by atoms with Gasteiger partial charge < -0.3 is 0 Å². The molecule has 1 atom stereocenters. The van der Waals surface area contributed by atoms with Crippen molar-refractivity contribution in [2.75, 3.05) is 5.75 Å². The van der Waals surface area contributed by atoms with Crippen molar-refractivity contribution >= 4 is 21.9 Å². The molecule has 1 aliphatic heterocycles. The molecule has 0 amide bonds. The summed E-state index contributed by atoms with van der Waals surface area (Å²) in [5, 5.41) is 0. The van der Waals surface area contributed by atoms with Gasteiger partial charge in [-0.15, -0.1) is 11.8 Å². The lowest BCUT2D eigenvalue weighted by molar-refractivity contribution is -0.0565. The maximum absolute atomic E-state index is 12.0. The van der Waals surface area contributed by atoms with Crippen LogP contribution >= 0.6 is 11.8 Å². The van der Waals surface area contributed by atoms with Gasteiger partial charge in [0, 0.05) is 7.12 Å². The summed E-state index contributed by atoms with van der Waals surface area (Å²) in [6.07, 6.45) is 2.62. The molecular weight excluding hydrogens is 241 g/mol. The second-order valence-electron chi connectivity index (χ2n) is 2.51. The lowest BCUT2D eigenvalue weighted by Crippen LogP contribution is -2.33. The third-order valence-electron chi connectivity index (χ3n) is 1.33. The van der Waals surface area contributed by atoms with Crippen molar-refractivity contribution in [1.29, 1.82) is 0 Å². The van der Waals surface area contributed by atoms with Gasteiger partial charge in [0.05, 0.1) is 0 Å². The summed E-state index contributed by atoms with van der Waals surface area (Å²) < 4.78 is 68.4. The van der Waals surface area contributed by atoms with Gasteiger partial charge in [0.2, 0.25) is 0 Å². The number of hydrogen-bond acceptors (Lipinski definition) is 4. The molecule has 1 aliphatic rings. The van der Waals surface area contributed by atoms with Gasteiger partial charge in [-0.1, -0.05) is 6.08 Å². The Kier molecular flexibility index (Phi) is 2.52. The average Bonchev–Trinajstić information content (AvgIpc) is 2.51. The van der Waals surface area contributed by atoms with Gasteiger partial charge in [0.25, 0.3) is 0 Å². The van der Waals surface area contributed by atoms with Crippen molar-refractivity contribution in [3.05, 3.63) is 12.2 Å². The fourth-order valence-corrected chi connectivity index (χ4v) is 2.40. The first-order chi connectivity index (χ1) is 6.72. The van der Waals surface area contributed by atoms with Gasteiger partial charge in [-0.05, 0) is 13.0 Å². The molecule has 8 heteroatoms. The van der Waals surface area contributed by atoms with Gasteiger partial charge in [0.1, 0.15) is 4.93 Å². The van der Waals surface area contributed by atoms with Crippen LogP contribution in [0.4, 0.5) is 13.2 Å². The third-order valence-corrected chi connectivity index (χ3v) is 3.59. The highest BCUT2D eigenvalue weighted by atomic mass is 32.2. The van der Waals surface area contributed by atoms with Gasteiger partial charge in [-0.2, -0.15) is 21.6 Å². The Balaban J connectivity index is 2.90. The van der Waals surface area contributed by atoms with E-state index in [0.29, 0.717) is 5.75 Å². The summed E-state index contributed by atoms with van der Waals surface area (Å²) in [5.41, 5.74) is -5.45. The zero-order chi connectivity index (χ0) is 11.7. The van der Waals surface area contributed by atoms with Gasteiger partial charge in [-0.3, -0.25) is 0 Å².